The fourth-order valence-corrected chi connectivity index (χ4v) is 3.88. The summed E-state index contributed by atoms with van der Waals surface area (Å²) in [5, 5.41) is 0. The van der Waals surface area contributed by atoms with Crippen molar-refractivity contribution in [2.24, 2.45) is 5.92 Å². The summed E-state index contributed by atoms with van der Waals surface area (Å²) in [4.78, 5) is 26.9. The Kier molecular flexibility index (Phi) is 4.57. The van der Waals surface area contributed by atoms with E-state index in [-0.39, 0.29) is 17.9 Å². The highest BCUT2D eigenvalue weighted by Gasteiger charge is 2.44. The minimum Gasteiger partial charge on any atom is -0.324 e. The van der Waals surface area contributed by atoms with Gasteiger partial charge in [0.05, 0.1) is 19.5 Å². The van der Waals surface area contributed by atoms with Gasteiger partial charge in [0.2, 0.25) is 5.91 Å². The minimum atomic E-state index is -0.120. The number of amides is 2. The number of hydrogen-bond acceptors (Lipinski definition) is 2. The van der Waals surface area contributed by atoms with Crippen LogP contribution in [0.1, 0.15) is 31.7 Å². The second-order valence-electron chi connectivity index (χ2n) is 6.52. The van der Waals surface area contributed by atoms with E-state index in [1.54, 1.807) is 0 Å². The van der Waals surface area contributed by atoms with Crippen LogP contribution in [0, 0.1) is 5.92 Å². The molecular formula is C18H25N2O2+. The monoisotopic (exact) mass is 301 g/mol. The number of benzene rings is 1. The van der Waals surface area contributed by atoms with Crippen molar-refractivity contribution in [1.29, 1.82) is 0 Å². The summed E-state index contributed by atoms with van der Waals surface area (Å²) in [6, 6.07) is 10.5. The van der Waals surface area contributed by atoms with Crippen molar-refractivity contribution in [3.8, 4) is 0 Å². The van der Waals surface area contributed by atoms with Crippen molar-refractivity contribution in [3.63, 3.8) is 0 Å². The first-order valence-corrected chi connectivity index (χ1v) is 8.41. The first kappa shape index (κ1) is 15.2. The highest BCUT2D eigenvalue weighted by Crippen LogP contribution is 2.18. The zero-order valence-corrected chi connectivity index (χ0v) is 13.3. The van der Waals surface area contributed by atoms with Gasteiger partial charge in [0, 0.05) is 6.54 Å². The van der Waals surface area contributed by atoms with E-state index < -0.39 is 0 Å². The van der Waals surface area contributed by atoms with Crippen molar-refractivity contribution < 1.29 is 14.5 Å². The number of likely N-dealkylation sites (N-methyl/N-ethyl adjacent to an activating group) is 1. The maximum Gasteiger partial charge on any atom is 0.287 e. The Morgan fingerprint density at radius 3 is 2.41 bits per heavy atom. The first-order chi connectivity index (χ1) is 10.7. The van der Waals surface area contributed by atoms with Gasteiger partial charge in [0.15, 0.2) is 6.04 Å². The van der Waals surface area contributed by atoms with Gasteiger partial charge in [-0.2, -0.15) is 0 Å². The van der Waals surface area contributed by atoms with E-state index in [9.17, 15) is 9.59 Å². The Morgan fingerprint density at radius 2 is 1.82 bits per heavy atom. The molecule has 118 valence electrons. The molecule has 2 saturated heterocycles. The quantitative estimate of drug-likeness (QED) is 0.831. The fraction of sp³-hybridized carbons (Fsp3) is 0.556. The Balaban J connectivity index is 1.54. The Bertz CT molecular complexity index is 535. The molecule has 2 heterocycles. The molecule has 0 saturated carbocycles. The molecule has 1 aromatic carbocycles. The summed E-state index contributed by atoms with van der Waals surface area (Å²) < 4.78 is 0. The largest absolute Gasteiger partial charge is 0.324 e. The molecular weight excluding hydrogens is 276 g/mol. The number of nitrogens with zero attached hydrogens (tertiary/aromatic N) is 1. The van der Waals surface area contributed by atoms with Gasteiger partial charge >= 0.3 is 0 Å². The Hall–Kier alpha value is -1.68. The maximum atomic E-state index is 12.3. The van der Waals surface area contributed by atoms with E-state index in [0.29, 0.717) is 18.9 Å². The van der Waals surface area contributed by atoms with Crippen LogP contribution in [0.3, 0.4) is 0 Å². The van der Waals surface area contributed by atoms with Crippen molar-refractivity contribution in [1.82, 2.24) is 4.90 Å². The van der Waals surface area contributed by atoms with Gasteiger partial charge in [-0.15, -0.1) is 0 Å². The van der Waals surface area contributed by atoms with Crippen LogP contribution in [0.5, 0.6) is 0 Å². The third-order valence-corrected chi connectivity index (χ3v) is 5.17. The Labute approximate surface area is 132 Å². The van der Waals surface area contributed by atoms with Crippen LogP contribution < -0.4 is 4.90 Å². The molecule has 0 aromatic heterocycles. The number of carbonyl (C=O) groups excluding carboxylic acids is 2. The van der Waals surface area contributed by atoms with Gasteiger partial charge in [0.1, 0.15) is 0 Å². The second kappa shape index (κ2) is 6.61. The molecule has 4 heteroatoms. The number of hydrogen-bond donors (Lipinski definition) is 1. The van der Waals surface area contributed by atoms with Gasteiger partial charge < -0.3 is 4.90 Å². The molecule has 1 N–H and O–H groups in total. The summed E-state index contributed by atoms with van der Waals surface area (Å²) in [6.07, 6.45) is 3.83. The molecule has 4 nitrogen and oxygen atoms in total. The zero-order chi connectivity index (χ0) is 15.5. The van der Waals surface area contributed by atoms with Gasteiger partial charge in [-0.05, 0) is 37.7 Å². The van der Waals surface area contributed by atoms with Crippen molar-refractivity contribution in [2.45, 2.75) is 38.6 Å². The lowest BCUT2D eigenvalue weighted by Crippen LogP contribution is -3.17. The summed E-state index contributed by atoms with van der Waals surface area (Å²) in [5.74, 6) is 0.765. The molecule has 1 unspecified atom stereocenters. The minimum absolute atomic E-state index is 0.0106. The van der Waals surface area contributed by atoms with Crippen LogP contribution >= 0.6 is 0 Å². The average molecular weight is 301 g/mol. The normalized spacial score (nSPS) is 29.1. The van der Waals surface area contributed by atoms with Crippen molar-refractivity contribution in [3.05, 3.63) is 35.9 Å². The number of imide groups is 1. The van der Waals surface area contributed by atoms with E-state index in [4.69, 9.17) is 0 Å². The van der Waals surface area contributed by atoms with E-state index in [1.807, 2.05) is 6.92 Å². The molecule has 1 atom stereocenters. The van der Waals surface area contributed by atoms with Crippen molar-refractivity contribution in [2.75, 3.05) is 19.6 Å². The predicted octanol–water partition coefficient (Wildman–Crippen LogP) is 0.671. The maximum absolute atomic E-state index is 12.3. The van der Waals surface area contributed by atoms with E-state index in [1.165, 1.54) is 15.4 Å². The molecule has 1 aromatic rings. The van der Waals surface area contributed by atoms with Gasteiger partial charge in [-0.25, -0.2) is 0 Å². The molecule has 2 fully saturated rings. The summed E-state index contributed by atoms with van der Waals surface area (Å²) >= 11 is 0. The zero-order valence-electron chi connectivity index (χ0n) is 13.3. The summed E-state index contributed by atoms with van der Waals surface area (Å²) in [5.41, 5.74) is 1.40. The third kappa shape index (κ3) is 3.07. The molecule has 0 bridgehead atoms. The fourth-order valence-electron chi connectivity index (χ4n) is 3.88. The van der Waals surface area contributed by atoms with Gasteiger partial charge in [-0.1, -0.05) is 30.3 Å². The van der Waals surface area contributed by atoms with E-state index in [2.05, 4.69) is 30.3 Å². The van der Waals surface area contributed by atoms with Crippen LogP contribution in [-0.2, 0) is 16.0 Å². The summed E-state index contributed by atoms with van der Waals surface area (Å²) in [7, 11) is 0. The number of nitrogens with one attached hydrogen (secondary N) is 1. The van der Waals surface area contributed by atoms with Gasteiger partial charge in [-0.3, -0.25) is 14.5 Å². The van der Waals surface area contributed by atoms with Crippen LogP contribution in [0.25, 0.3) is 0 Å². The average Bonchev–Trinajstić information content (AvgIpc) is 2.83. The highest BCUT2D eigenvalue weighted by molar-refractivity contribution is 6.04. The van der Waals surface area contributed by atoms with E-state index >= 15 is 0 Å². The first-order valence-electron chi connectivity index (χ1n) is 8.41. The number of rotatable bonds is 4. The number of piperidine rings is 1. The molecule has 22 heavy (non-hydrogen) atoms. The molecule has 2 aliphatic rings. The smallest absolute Gasteiger partial charge is 0.287 e. The summed E-state index contributed by atoms with van der Waals surface area (Å²) in [6.45, 7) is 4.41. The Morgan fingerprint density at radius 1 is 1.14 bits per heavy atom. The molecule has 3 rings (SSSR count). The van der Waals surface area contributed by atoms with Crippen LogP contribution in [0.4, 0.5) is 0 Å². The molecule has 2 amide bonds. The second-order valence-corrected chi connectivity index (χ2v) is 6.52. The van der Waals surface area contributed by atoms with Crippen LogP contribution in [0.2, 0.25) is 0 Å². The number of quaternary nitrogens is 1. The van der Waals surface area contributed by atoms with Crippen LogP contribution in [-0.4, -0.2) is 42.4 Å². The lowest BCUT2D eigenvalue weighted by Gasteiger charge is -2.32. The predicted molar refractivity (Wildman–Crippen MR) is 84.4 cm³/mol. The van der Waals surface area contributed by atoms with E-state index in [0.717, 1.165) is 32.4 Å². The van der Waals surface area contributed by atoms with Crippen LogP contribution in [0.15, 0.2) is 30.3 Å². The topological polar surface area (TPSA) is 41.8 Å². The highest BCUT2D eigenvalue weighted by atomic mass is 16.2. The number of likely N-dealkylation sites (tertiary alicyclic amines) is 2. The third-order valence-electron chi connectivity index (χ3n) is 5.17. The SMILES string of the molecule is CCN1C(=O)CC([NH+]2CCC(Cc3ccccc3)CC2)C1=O. The molecule has 0 spiro atoms. The number of carbonyl (C=O) groups is 2. The lowest BCUT2D eigenvalue weighted by molar-refractivity contribution is -0.921. The molecule has 0 aliphatic carbocycles. The van der Waals surface area contributed by atoms with Gasteiger partial charge in [0.25, 0.3) is 5.91 Å². The lowest BCUT2D eigenvalue weighted by atomic mass is 9.89. The van der Waals surface area contributed by atoms with Crippen molar-refractivity contribution >= 4 is 11.8 Å². The standard InChI is InChI=1S/C18H24N2O2/c1-2-20-17(21)13-16(18(20)22)19-10-8-15(9-11-19)12-14-6-4-3-5-7-14/h3-7,15-16H,2,8-13H2,1H3/p+1. The molecule has 2 aliphatic heterocycles. The molecule has 0 radical (unpaired) electrons.